The average molecular weight is 377 g/mol. The highest BCUT2D eigenvalue weighted by atomic mass is 16.6. The largest absolute Gasteiger partial charge is 0.462 e. The maximum absolute atomic E-state index is 12.9. The highest BCUT2D eigenvalue weighted by Crippen LogP contribution is 2.40. The molecule has 4 aliphatic heterocycles. The van der Waals surface area contributed by atoms with Gasteiger partial charge in [0.05, 0.1) is 6.04 Å². The molecule has 2 saturated heterocycles. The van der Waals surface area contributed by atoms with Crippen molar-refractivity contribution in [1.29, 1.82) is 0 Å². The SMILES string of the molecule is O=C1OCC(c2ccccc2)N2C1C(N1C=CC=CC1)OC2N1C=CC=CC1. The molecule has 28 heavy (non-hydrogen) atoms. The van der Waals surface area contributed by atoms with Crippen LogP contribution >= 0.6 is 0 Å². The maximum atomic E-state index is 12.9. The number of allylic oxidation sites excluding steroid dienone is 4. The van der Waals surface area contributed by atoms with E-state index in [-0.39, 0.29) is 18.4 Å². The molecule has 4 heterocycles. The van der Waals surface area contributed by atoms with Gasteiger partial charge in [-0.1, -0.05) is 54.6 Å². The molecule has 4 unspecified atom stereocenters. The minimum absolute atomic E-state index is 0.0532. The standard InChI is InChI=1S/C22H23N3O3/c26-21-19-20(23-12-6-2-7-13-23)28-22(24-14-8-3-9-15-24)25(19)18(16-27-21)17-10-4-1-5-11-17/h1-12,14,18-20,22H,13,15-16H2. The Bertz CT molecular complexity index is 848. The first kappa shape index (κ1) is 17.3. The van der Waals surface area contributed by atoms with Gasteiger partial charge in [-0.2, -0.15) is 0 Å². The van der Waals surface area contributed by atoms with Gasteiger partial charge in [-0.05, 0) is 17.7 Å². The van der Waals surface area contributed by atoms with Gasteiger partial charge in [0.25, 0.3) is 0 Å². The Morgan fingerprint density at radius 2 is 1.61 bits per heavy atom. The molecule has 0 amide bonds. The summed E-state index contributed by atoms with van der Waals surface area (Å²) in [4.78, 5) is 19.2. The fraction of sp³-hybridized carbons (Fsp3) is 0.318. The van der Waals surface area contributed by atoms with Crippen molar-refractivity contribution in [3.63, 3.8) is 0 Å². The van der Waals surface area contributed by atoms with Gasteiger partial charge in [-0.3, -0.25) is 4.79 Å². The van der Waals surface area contributed by atoms with E-state index in [4.69, 9.17) is 9.47 Å². The molecule has 0 aromatic heterocycles. The molecule has 4 atom stereocenters. The van der Waals surface area contributed by atoms with E-state index in [2.05, 4.69) is 39.0 Å². The summed E-state index contributed by atoms with van der Waals surface area (Å²) in [6, 6.07) is 9.67. The van der Waals surface area contributed by atoms with E-state index in [1.807, 2.05) is 54.9 Å². The van der Waals surface area contributed by atoms with Gasteiger partial charge in [-0.25, -0.2) is 4.90 Å². The first-order valence-corrected chi connectivity index (χ1v) is 9.65. The molecule has 1 aromatic carbocycles. The van der Waals surface area contributed by atoms with Crippen LogP contribution < -0.4 is 0 Å². The lowest BCUT2D eigenvalue weighted by Crippen LogP contribution is -2.57. The zero-order chi connectivity index (χ0) is 18.9. The van der Waals surface area contributed by atoms with Crippen molar-refractivity contribution in [3.05, 3.63) is 84.8 Å². The summed E-state index contributed by atoms with van der Waals surface area (Å²) >= 11 is 0. The summed E-state index contributed by atoms with van der Waals surface area (Å²) in [7, 11) is 0. The Labute approximate surface area is 164 Å². The Balaban J connectivity index is 1.53. The number of carbonyl (C=O) groups is 1. The fourth-order valence-corrected chi connectivity index (χ4v) is 4.24. The molecule has 4 aliphatic rings. The number of carbonyl (C=O) groups excluding carboxylic acids is 1. The topological polar surface area (TPSA) is 45.3 Å². The third-order valence-corrected chi connectivity index (χ3v) is 5.57. The van der Waals surface area contributed by atoms with E-state index < -0.39 is 12.3 Å². The van der Waals surface area contributed by atoms with E-state index >= 15 is 0 Å². The Morgan fingerprint density at radius 3 is 2.29 bits per heavy atom. The van der Waals surface area contributed by atoms with Crippen LogP contribution in [0.15, 0.2) is 79.2 Å². The number of esters is 1. The molecule has 0 saturated carbocycles. The monoisotopic (exact) mass is 377 g/mol. The first-order chi connectivity index (χ1) is 13.8. The number of ether oxygens (including phenoxy) is 2. The third kappa shape index (κ3) is 2.95. The van der Waals surface area contributed by atoms with Gasteiger partial charge in [0.2, 0.25) is 0 Å². The molecule has 2 fully saturated rings. The molecule has 144 valence electrons. The van der Waals surface area contributed by atoms with Crippen molar-refractivity contribution < 1.29 is 14.3 Å². The minimum Gasteiger partial charge on any atom is -0.462 e. The number of rotatable bonds is 3. The lowest BCUT2D eigenvalue weighted by molar-refractivity contribution is -0.168. The van der Waals surface area contributed by atoms with Crippen LogP contribution in [0.1, 0.15) is 11.6 Å². The van der Waals surface area contributed by atoms with Crippen LogP contribution in [0, 0.1) is 0 Å². The lowest BCUT2D eigenvalue weighted by Gasteiger charge is -2.42. The number of nitrogens with zero attached hydrogens (tertiary/aromatic N) is 3. The molecule has 1 aromatic rings. The van der Waals surface area contributed by atoms with Crippen LogP contribution in [-0.2, 0) is 14.3 Å². The average Bonchev–Trinajstić information content (AvgIpc) is 3.17. The second kappa shape index (κ2) is 7.30. The maximum Gasteiger partial charge on any atom is 0.328 e. The van der Waals surface area contributed by atoms with E-state index in [9.17, 15) is 4.79 Å². The van der Waals surface area contributed by atoms with Gasteiger partial charge in [0.1, 0.15) is 6.61 Å². The van der Waals surface area contributed by atoms with Crippen LogP contribution in [0.25, 0.3) is 0 Å². The second-order valence-corrected chi connectivity index (χ2v) is 7.23. The predicted molar refractivity (Wildman–Crippen MR) is 104 cm³/mol. The van der Waals surface area contributed by atoms with Gasteiger partial charge in [-0.15, -0.1) is 0 Å². The van der Waals surface area contributed by atoms with Crippen LogP contribution in [0.3, 0.4) is 0 Å². The number of fused-ring (bicyclic) bond motifs is 1. The van der Waals surface area contributed by atoms with Crippen LogP contribution in [-0.4, -0.2) is 59.0 Å². The molecule has 6 nitrogen and oxygen atoms in total. The van der Waals surface area contributed by atoms with Crippen molar-refractivity contribution in [2.24, 2.45) is 0 Å². The molecular formula is C22H23N3O3. The van der Waals surface area contributed by atoms with Gasteiger partial charge >= 0.3 is 5.97 Å². The van der Waals surface area contributed by atoms with Crippen LogP contribution in [0.5, 0.6) is 0 Å². The van der Waals surface area contributed by atoms with E-state index in [1.165, 1.54) is 0 Å². The van der Waals surface area contributed by atoms with E-state index in [0.717, 1.165) is 12.1 Å². The third-order valence-electron chi connectivity index (χ3n) is 5.57. The summed E-state index contributed by atoms with van der Waals surface area (Å²) in [6.45, 7) is 1.77. The number of hydrogen-bond acceptors (Lipinski definition) is 6. The number of morpholine rings is 1. The summed E-state index contributed by atoms with van der Waals surface area (Å²) in [5, 5.41) is 0. The van der Waals surface area contributed by atoms with Crippen LogP contribution in [0.4, 0.5) is 0 Å². The summed E-state index contributed by atoms with van der Waals surface area (Å²) < 4.78 is 12.2. The molecule has 5 rings (SSSR count). The first-order valence-electron chi connectivity index (χ1n) is 9.65. The number of hydrogen-bond donors (Lipinski definition) is 0. The van der Waals surface area contributed by atoms with Crippen molar-refractivity contribution in [2.45, 2.75) is 24.7 Å². The van der Waals surface area contributed by atoms with Crippen molar-refractivity contribution >= 4 is 5.97 Å². The number of cyclic esters (lactones) is 1. The van der Waals surface area contributed by atoms with Gasteiger partial charge < -0.3 is 19.3 Å². The quantitative estimate of drug-likeness (QED) is 0.754. The van der Waals surface area contributed by atoms with Crippen LogP contribution in [0.2, 0.25) is 0 Å². The summed E-state index contributed by atoms with van der Waals surface area (Å²) in [6.07, 6.45) is 15.4. The number of benzene rings is 1. The molecular weight excluding hydrogens is 354 g/mol. The Morgan fingerprint density at radius 1 is 0.893 bits per heavy atom. The predicted octanol–water partition coefficient (Wildman–Crippen LogP) is 2.37. The zero-order valence-corrected chi connectivity index (χ0v) is 15.5. The lowest BCUT2D eigenvalue weighted by atomic mass is 10.0. The van der Waals surface area contributed by atoms with Gasteiger partial charge in [0, 0.05) is 25.5 Å². The van der Waals surface area contributed by atoms with Crippen molar-refractivity contribution in [2.75, 3.05) is 19.7 Å². The second-order valence-electron chi connectivity index (χ2n) is 7.23. The summed E-state index contributed by atoms with van der Waals surface area (Å²) in [5.74, 6) is -0.223. The van der Waals surface area contributed by atoms with Gasteiger partial charge in [0.15, 0.2) is 18.6 Å². The Hall–Kier alpha value is -2.83. The van der Waals surface area contributed by atoms with E-state index in [0.29, 0.717) is 13.2 Å². The molecule has 0 N–H and O–H groups in total. The zero-order valence-electron chi connectivity index (χ0n) is 15.5. The normalized spacial score (nSPS) is 31.9. The fourth-order valence-electron chi connectivity index (χ4n) is 4.24. The molecule has 0 radical (unpaired) electrons. The smallest absolute Gasteiger partial charge is 0.328 e. The van der Waals surface area contributed by atoms with Crippen molar-refractivity contribution in [1.82, 2.24) is 14.7 Å². The molecule has 0 bridgehead atoms. The molecule has 6 heteroatoms. The molecule has 0 aliphatic carbocycles. The highest BCUT2D eigenvalue weighted by molar-refractivity contribution is 5.78. The van der Waals surface area contributed by atoms with E-state index in [1.54, 1.807) is 0 Å². The Kier molecular flexibility index (Phi) is 4.50. The minimum atomic E-state index is -0.487. The summed E-state index contributed by atoms with van der Waals surface area (Å²) in [5.41, 5.74) is 1.12. The molecule has 0 spiro atoms. The highest BCUT2D eigenvalue weighted by Gasteiger charge is 2.56. The van der Waals surface area contributed by atoms with Crippen molar-refractivity contribution in [3.8, 4) is 0 Å².